The number of hydrogen-bond donors (Lipinski definition) is 1. The van der Waals surface area contributed by atoms with Crippen molar-refractivity contribution in [1.29, 1.82) is 0 Å². The standard InChI is InChI=1S/C16H14F3N3O/c1-2-9-23-14-6-4-3-5-12(14)10-21-22-15-8-7-13(11-20-15)16(17,18)19/h2-8,10-11H,1,9H2,(H,20,22)/b21-10-. The summed E-state index contributed by atoms with van der Waals surface area (Å²) in [7, 11) is 0. The monoisotopic (exact) mass is 321 g/mol. The molecule has 0 atom stereocenters. The van der Waals surface area contributed by atoms with Gasteiger partial charge < -0.3 is 4.74 Å². The summed E-state index contributed by atoms with van der Waals surface area (Å²) in [6.07, 6.45) is -0.536. The molecule has 0 aliphatic carbocycles. The summed E-state index contributed by atoms with van der Waals surface area (Å²) in [5.41, 5.74) is 2.48. The molecule has 0 amide bonds. The smallest absolute Gasteiger partial charge is 0.417 e. The Bertz CT molecular complexity index is 682. The van der Waals surface area contributed by atoms with Crippen LogP contribution in [0.25, 0.3) is 0 Å². The van der Waals surface area contributed by atoms with Crippen LogP contribution in [0.5, 0.6) is 5.75 Å². The van der Waals surface area contributed by atoms with E-state index in [1.807, 2.05) is 12.1 Å². The lowest BCUT2D eigenvalue weighted by molar-refractivity contribution is -0.137. The minimum absolute atomic E-state index is 0.207. The summed E-state index contributed by atoms with van der Waals surface area (Å²) in [6, 6.07) is 9.36. The zero-order valence-corrected chi connectivity index (χ0v) is 12.0. The Balaban J connectivity index is 2.03. The highest BCUT2D eigenvalue weighted by Crippen LogP contribution is 2.28. The molecular formula is C16H14F3N3O. The predicted octanol–water partition coefficient (Wildman–Crippen LogP) is 4.11. The number of pyridine rings is 1. The number of hydrazone groups is 1. The maximum atomic E-state index is 12.4. The molecule has 1 aromatic heterocycles. The molecule has 1 heterocycles. The molecular weight excluding hydrogens is 307 g/mol. The first kappa shape index (κ1) is 16.5. The topological polar surface area (TPSA) is 46.5 Å². The number of alkyl halides is 3. The van der Waals surface area contributed by atoms with Crippen LogP contribution in [0.3, 0.4) is 0 Å². The van der Waals surface area contributed by atoms with E-state index in [0.29, 0.717) is 17.9 Å². The third kappa shape index (κ3) is 4.84. The lowest BCUT2D eigenvalue weighted by Gasteiger charge is -2.07. The molecule has 1 N–H and O–H groups in total. The summed E-state index contributed by atoms with van der Waals surface area (Å²) in [5, 5.41) is 3.95. The van der Waals surface area contributed by atoms with Crippen LogP contribution < -0.4 is 10.2 Å². The molecule has 1 aromatic carbocycles. The number of halogens is 3. The van der Waals surface area contributed by atoms with Crippen LogP contribution in [-0.4, -0.2) is 17.8 Å². The van der Waals surface area contributed by atoms with Gasteiger partial charge in [0.25, 0.3) is 0 Å². The van der Waals surface area contributed by atoms with Gasteiger partial charge in [0.2, 0.25) is 0 Å². The van der Waals surface area contributed by atoms with E-state index in [1.54, 1.807) is 18.2 Å². The number of rotatable bonds is 6. The fourth-order valence-electron chi connectivity index (χ4n) is 1.66. The van der Waals surface area contributed by atoms with Gasteiger partial charge in [-0.3, -0.25) is 5.43 Å². The van der Waals surface area contributed by atoms with Crippen LogP contribution in [0.2, 0.25) is 0 Å². The molecule has 2 rings (SSSR count). The summed E-state index contributed by atoms with van der Waals surface area (Å²) in [6.45, 7) is 3.93. The number of para-hydroxylation sites is 1. The van der Waals surface area contributed by atoms with E-state index >= 15 is 0 Å². The molecule has 0 saturated heterocycles. The Labute approximate surface area is 131 Å². The second-order valence-electron chi connectivity index (χ2n) is 4.44. The fourth-order valence-corrected chi connectivity index (χ4v) is 1.66. The molecule has 0 aliphatic heterocycles. The maximum absolute atomic E-state index is 12.4. The molecule has 0 spiro atoms. The summed E-state index contributed by atoms with van der Waals surface area (Å²) >= 11 is 0. The Morgan fingerprint density at radius 2 is 2.00 bits per heavy atom. The molecule has 7 heteroatoms. The van der Waals surface area contributed by atoms with Crippen LogP contribution in [0.4, 0.5) is 19.0 Å². The van der Waals surface area contributed by atoms with Crippen LogP contribution >= 0.6 is 0 Å². The Kier molecular flexibility index (Phi) is 5.35. The Morgan fingerprint density at radius 1 is 1.22 bits per heavy atom. The molecule has 0 fully saturated rings. The number of nitrogens with one attached hydrogen (secondary N) is 1. The normalized spacial score (nSPS) is 11.4. The highest BCUT2D eigenvalue weighted by Gasteiger charge is 2.30. The van der Waals surface area contributed by atoms with Gasteiger partial charge in [-0.1, -0.05) is 24.8 Å². The van der Waals surface area contributed by atoms with Crippen molar-refractivity contribution >= 4 is 12.0 Å². The lowest BCUT2D eigenvalue weighted by Crippen LogP contribution is -2.05. The lowest BCUT2D eigenvalue weighted by atomic mass is 10.2. The quantitative estimate of drug-likeness (QED) is 0.495. The van der Waals surface area contributed by atoms with E-state index in [2.05, 4.69) is 22.1 Å². The SMILES string of the molecule is C=CCOc1ccccc1/C=N\Nc1ccc(C(F)(F)F)cn1. The number of anilines is 1. The zero-order valence-electron chi connectivity index (χ0n) is 12.0. The molecule has 0 radical (unpaired) electrons. The summed E-state index contributed by atoms with van der Waals surface area (Å²) in [4.78, 5) is 3.66. The van der Waals surface area contributed by atoms with E-state index in [1.165, 1.54) is 12.3 Å². The van der Waals surface area contributed by atoms with Gasteiger partial charge in [-0.15, -0.1) is 0 Å². The van der Waals surface area contributed by atoms with Gasteiger partial charge in [-0.2, -0.15) is 18.3 Å². The summed E-state index contributed by atoms with van der Waals surface area (Å²) < 4.78 is 42.7. The predicted molar refractivity (Wildman–Crippen MR) is 82.6 cm³/mol. The third-order valence-corrected chi connectivity index (χ3v) is 2.75. The maximum Gasteiger partial charge on any atom is 0.417 e. The molecule has 120 valence electrons. The second kappa shape index (κ2) is 7.44. The molecule has 0 aliphatic rings. The molecule has 0 saturated carbocycles. The summed E-state index contributed by atoms with van der Waals surface area (Å²) in [5.74, 6) is 0.831. The van der Waals surface area contributed by atoms with E-state index < -0.39 is 11.7 Å². The molecule has 23 heavy (non-hydrogen) atoms. The Hall–Kier alpha value is -2.83. The van der Waals surface area contributed by atoms with Gasteiger partial charge in [0, 0.05) is 11.8 Å². The number of aromatic nitrogens is 1. The van der Waals surface area contributed by atoms with Crippen molar-refractivity contribution in [3.05, 3.63) is 66.4 Å². The average molecular weight is 321 g/mol. The number of hydrogen-bond acceptors (Lipinski definition) is 4. The van der Waals surface area contributed by atoms with E-state index in [-0.39, 0.29) is 5.82 Å². The van der Waals surface area contributed by atoms with Gasteiger partial charge >= 0.3 is 6.18 Å². The van der Waals surface area contributed by atoms with Crippen LogP contribution in [-0.2, 0) is 6.18 Å². The molecule has 2 aromatic rings. The van der Waals surface area contributed by atoms with Crippen LogP contribution in [0.1, 0.15) is 11.1 Å². The second-order valence-corrected chi connectivity index (χ2v) is 4.44. The van der Waals surface area contributed by atoms with E-state index in [0.717, 1.165) is 12.3 Å². The van der Waals surface area contributed by atoms with Crippen molar-refractivity contribution in [2.24, 2.45) is 5.10 Å². The van der Waals surface area contributed by atoms with Crippen molar-refractivity contribution in [2.45, 2.75) is 6.18 Å². The zero-order chi connectivity index (χ0) is 16.7. The molecule has 0 unspecified atom stereocenters. The highest BCUT2D eigenvalue weighted by atomic mass is 19.4. The van der Waals surface area contributed by atoms with Gasteiger partial charge in [0.15, 0.2) is 0 Å². The number of ether oxygens (including phenoxy) is 1. The van der Waals surface area contributed by atoms with Crippen molar-refractivity contribution in [3.8, 4) is 5.75 Å². The highest BCUT2D eigenvalue weighted by molar-refractivity contribution is 5.83. The van der Waals surface area contributed by atoms with Gasteiger partial charge in [-0.05, 0) is 24.3 Å². The van der Waals surface area contributed by atoms with Gasteiger partial charge in [-0.25, -0.2) is 4.98 Å². The average Bonchev–Trinajstić information content (AvgIpc) is 2.53. The van der Waals surface area contributed by atoms with E-state index in [4.69, 9.17) is 4.74 Å². The van der Waals surface area contributed by atoms with Crippen molar-refractivity contribution in [2.75, 3.05) is 12.0 Å². The fraction of sp³-hybridized carbons (Fsp3) is 0.125. The number of benzene rings is 1. The van der Waals surface area contributed by atoms with Crippen molar-refractivity contribution in [1.82, 2.24) is 4.98 Å². The van der Waals surface area contributed by atoms with Crippen molar-refractivity contribution < 1.29 is 17.9 Å². The number of nitrogens with zero attached hydrogens (tertiary/aromatic N) is 2. The minimum atomic E-state index is -4.41. The van der Waals surface area contributed by atoms with Crippen LogP contribution in [0.15, 0.2) is 60.4 Å². The largest absolute Gasteiger partial charge is 0.489 e. The van der Waals surface area contributed by atoms with Crippen LogP contribution in [0, 0.1) is 0 Å². The van der Waals surface area contributed by atoms with Gasteiger partial charge in [0.1, 0.15) is 18.2 Å². The van der Waals surface area contributed by atoms with E-state index in [9.17, 15) is 13.2 Å². The first-order valence-corrected chi connectivity index (χ1v) is 6.66. The minimum Gasteiger partial charge on any atom is -0.489 e. The molecule has 0 bridgehead atoms. The van der Waals surface area contributed by atoms with Gasteiger partial charge in [0.05, 0.1) is 11.8 Å². The third-order valence-electron chi connectivity index (χ3n) is 2.75. The first-order chi connectivity index (χ1) is 11.0. The Morgan fingerprint density at radius 3 is 2.65 bits per heavy atom. The first-order valence-electron chi connectivity index (χ1n) is 6.66. The molecule has 4 nitrogen and oxygen atoms in total. The van der Waals surface area contributed by atoms with Crippen molar-refractivity contribution in [3.63, 3.8) is 0 Å².